The van der Waals surface area contributed by atoms with Gasteiger partial charge in [0.25, 0.3) is 11.5 Å². The molecule has 2 amide bonds. The highest BCUT2D eigenvalue weighted by Gasteiger charge is 2.27. The lowest BCUT2D eigenvalue weighted by atomic mass is 9.93. The number of rotatable bonds is 8. The van der Waals surface area contributed by atoms with Gasteiger partial charge in [0, 0.05) is 47.6 Å². The molecule has 1 atom stereocenters. The third-order valence-electron chi connectivity index (χ3n) is 6.31. The number of fused-ring (bicyclic) bond motifs is 1. The van der Waals surface area contributed by atoms with Gasteiger partial charge in [-0.1, -0.05) is 20.8 Å². The molecule has 12 nitrogen and oxygen atoms in total. The van der Waals surface area contributed by atoms with Crippen molar-refractivity contribution in [3.8, 4) is 0 Å². The largest absolute Gasteiger partial charge is 0.478 e. The molecule has 41 heavy (non-hydrogen) atoms. The number of amides is 2. The van der Waals surface area contributed by atoms with E-state index < -0.39 is 29.6 Å². The standard InChI is InChI=1S/C27H31ClN6O6S/c1-27(2,3)19-15-41-25(30-19)32-23(37)16-8-12-34-20(13-16)31-22(18(24(34)38)6-7-21(35)36)33-11-4-5-17(14-33)40-26(39)29-10-9-28/h6-8,12-13,15,17H,4-5,9-11,14H2,1-3H3,(H,29,39)(H,35,36)(H,30,32,37)/t17-/m1/s1. The summed E-state index contributed by atoms with van der Waals surface area (Å²) < 4.78 is 6.75. The Labute approximate surface area is 245 Å². The fraction of sp³-hybridized carbons (Fsp3) is 0.407. The molecule has 218 valence electrons. The second-order valence-corrected chi connectivity index (χ2v) is 11.7. The maximum absolute atomic E-state index is 13.5. The van der Waals surface area contributed by atoms with Gasteiger partial charge < -0.3 is 20.1 Å². The SMILES string of the molecule is CC(C)(C)c1csc(NC(=O)c2ccn3c(=O)c(C=CC(=O)O)c(N4CCC[C@@H](OC(=O)NCCCl)C4)nc3c2)n1. The third-order valence-corrected chi connectivity index (χ3v) is 7.25. The van der Waals surface area contributed by atoms with Crippen molar-refractivity contribution in [3.63, 3.8) is 0 Å². The first-order valence-electron chi connectivity index (χ1n) is 13.0. The van der Waals surface area contributed by atoms with Crippen molar-refractivity contribution in [2.45, 2.75) is 45.1 Å². The summed E-state index contributed by atoms with van der Waals surface area (Å²) in [7, 11) is 0. The maximum Gasteiger partial charge on any atom is 0.407 e. The van der Waals surface area contributed by atoms with Crippen molar-refractivity contribution in [2.75, 3.05) is 35.7 Å². The normalized spacial score (nSPS) is 15.7. The van der Waals surface area contributed by atoms with E-state index in [0.29, 0.717) is 24.5 Å². The van der Waals surface area contributed by atoms with Crippen LogP contribution >= 0.6 is 22.9 Å². The van der Waals surface area contributed by atoms with Crippen molar-refractivity contribution < 1.29 is 24.2 Å². The Balaban J connectivity index is 1.66. The van der Waals surface area contributed by atoms with E-state index in [0.717, 1.165) is 11.8 Å². The van der Waals surface area contributed by atoms with Crippen LogP contribution in [0.1, 0.15) is 55.2 Å². The van der Waals surface area contributed by atoms with Crippen molar-refractivity contribution >= 4 is 63.6 Å². The number of carboxylic acids is 1. The number of carbonyl (C=O) groups is 3. The molecular weight excluding hydrogens is 572 g/mol. The van der Waals surface area contributed by atoms with Crippen LogP contribution in [0.4, 0.5) is 15.7 Å². The molecule has 4 rings (SSSR count). The summed E-state index contributed by atoms with van der Waals surface area (Å²) in [4.78, 5) is 60.8. The molecule has 1 aliphatic rings. The van der Waals surface area contributed by atoms with E-state index in [4.69, 9.17) is 16.3 Å². The van der Waals surface area contributed by atoms with Crippen LogP contribution in [0, 0.1) is 0 Å². The number of piperidine rings is 1. The maximum atomic E-state index is 13.5. The molecule has 1 fully saturated rings. The second kappa shape index (κ2) is 12.7. The fourth-order valence-corrected chi connectivity index (χ4v) is 5.26. The zero-order valence-electron chi connectivity index (χ0n) is 22.8. The zero-order chi connectivity index (χ0) is 29.7. The van der Waals surface area contributed by atoms with Gasteiger partial charge in [-0.05, 0) is 31.1 Å². The number of anilines is 2. The lowest BCUT2D eigenvalue weighted by molar-refractivity contribution is -0.131. The van der Waals surface area contributed by atoms with Gasteiger partial charge in [-0.3, -0.25) is 19.3 Å². The summed E-state index contributed by atoms with van der Waals surface area (Å²) in [5, 5.41) is 16.9. The van der Waals surface area contributed by atoms with E-state index in [1.165, 1.54) is 40.1 Å². The summed E-state index contributed by atoms with van der Waals surface area (Å²) in [6.07, 6.45) is 3.66. The lowest BCUT2D eigenvalue weighted by Gasteiger charge is -2.33. The minimum Gasteiger partial charge on any atom is -0.478 e. The molecular formula is C27H31ClN6O6S. The van der Waals surface area contributed by atoms with E-state index >= 15 is 0 Å². The average Bonchev–Trinajstić information content (AvgIpc) is 3.40. The highest BCUT2D eigenvalue weighted by Crippen LogP contribution is 2.27. The number of nitrogens with one attached hydrogen (secondary N) is 2. The van der Waals surface area contributed by atoms with Crippen LogP contribution < -0.4 is 21.1 Å². The number of hydrogen-bond acceptors (Lipinski definition) is 9. The summed E-state index contributed by atoms with van der Waals surface area (Å²) in [6.45, 7) is 7.10. The molecule has 0 spiro atoms. The van der Waals surface area contributed by atoms with E-state index in [2.05, 4.69) is 20.6 Å². The molecule has 0 radical (unpaired) electrons. The van der Waals surface area contributed by atoms with Crippen LogP contribution in [0.15, 0.2) is 34.6 Å². The van der Waals surface area contributed by atoms with Crippen molar-refractivity contribution in [1.82, 2.24) is 19.7 Å². The van der Waals surface area contributed by atoms with Crippen LogP contribution in [-0.2, 0) is 14.9 Å². The Morgan fingerprint density at radius 2 is 2.07 bits per heavy atom. The number of thiazole rings is 1. The molecule has 3 N–H and O–H groups in total. The molecule has 0 bridgehead atoms. The number of nitrogens with zero attached hydrogens (tertiary/aromatic N) is 4. The van der Waals surface area contributed by atoms with Crippen molar-refractivity contribution in [3.05, 3.63) is 57.0 Å². The summed E-state index contributed by atoms with van der Waals surface area (Å²) in [6, 6.07) is 2.97. The van der Waals surface area contributed by atoms with Crippen molar-refractivity contribution in [2.24, 2.45) is 0 Å². The number of pyridine rings is 1. The van der Waals surface area contributed by atoms with Crippen molar-refractivity contribution in [1.29, 1.82) is 0 Å². The third kappa shape index (κ3) is 7.41. The lowest BCUT2D eigenvalue weighted by Crippen LogP contribution is -2.43. The topological polar surface area (TPSA) is 155 Å². The van der Waals surface area contributed by atoms with Gasteiger partial charge in [0.2, 0.25) is 0 Å². The van der Waals surface area contributed by atoms with Crippen LogP contribution in [0.2, 0.25) is 0 Å². The first kappa shape index (κ1) is 30.0. The monoisotopic (exact) mass is 602 g/mol. The number of carboxylic acid groups (broad SMARTS) is 1. The Hall–Kier alpha value is -3.97. The van der Waals surface area contributed by atoms with Gasteiger partial charge in [-0.2, -0.15) is 0 Å². The molecule has 14 heteroatoms. The minimum absolute atomic E-state index is 0.0619. The summed E-state index contributed by atoms with van der Waals surface area (Å²) in [5.41, 5.74) is 0.710. The number of aromatic nitrogens is 3. The molecule has 1 aliphatic heterocycles. The first-order chi connectivity index (χ1) is 19.5. The molecule has 4 heterocycles. The zero-order valence-corrected chi connectivity index (χ0v) is 24.4. The highest BCUT2D eigenvalue weighted by molar-refractivity contribution is 7.14. The number of alkyl carbamates (subject to hydrolysis) is 1. The van der Waals surface area contributed by atoms with Gasteiger partial charge in [-0.25, -0.2) is 19.6 Å². The number of aliphatic carboxylic acids is 1. The van der Waals surface area contributed by atoms with Gasteiger partial charge in [0.05, 0.1) is 17.8 Å². The fourth-order valence-electron chi connectivity index (χ4n) is 4.24. The molecule has 1 saturated heterocycles. The van der Waals surface area contributed by atoms with Crippen LogP contribution in [0.3, 0.4) is 0 Å². The smallest absolute Gasteiger partial charge is 0.407 e. The number of ether oxygens (including phenoxy) is 1. The predicted molar refractivity (Wildman–Crippen MR) is 157 cm³/mol. The molecule has 0 unspecified atom stereocenters. The quantitative estimate of drug-likeness (QED) is 0.258. The Morgan fingerprint density at radius 3 is 2.76 bits per heavy atom. The van der Waals surface area contributed by atoms with E-state index in [9.17, 15) is 24.3 Å². The second-order valence-electron chi connectivity index (χ2n) is 10.4. The molecule has 0 aliphatic carbocycles. The molecule has 3 aromatic rings. The average molecular weight is 603 g/mol. The van der Waals surface area contributed by atoms with Gasteiger partial charge >= 0.3 is 12.1 Å². The van der Waals surface area contributed by atoms with E-state index in [1.807, 2.05) is 26.2 Å². The Morgan fingerprint density at radius 1 is 1.29 bits per heavy atom. The van der Waals surface area contributed by atoms with Crippen LogP contribution in [-0.4, -0.2) is 69.1 Å². The Bertz CT molecular complexity index is 1550. The molecule has 3 aromatic heterocycles. The number of hydrogen-bond donors (Lipinski definition) is 3. The number of halogens is 1. The number of alkyl halides is 1. The van der Waals surface area contributed by atoms with Gasteiger partial charge in [0.15, 0.2) is 5.13 Å². The Kier molecular flexibility index (Phi) is 9.28. The first-order valence-corrected chi connectivity index (χ1v) is 14.4. The van der Waals surface area contributed by atoms with E-state index in [1.54, 1.807) is 4.90 Å². The minimum atomic E-state index is -1.22. The molecule has 0 aromatic carbocycles. The van der Waals surface area contributed by atoms with Gasteiger partial charge in [-0.15, -0.1) is 22.9 Å². The predicted octanol–water partition coefficient (Wildman–Crippen LogP) is 3.73. The highest BCUT2D eigenvalue weighted by atomic mass is 35.5. The van der Waals surface area contributed by atoms with E-state index in [-0.39, 0.29) is 47.0 Å². The summed E-state index contributed by atoms with van der Waals surface area (Å²) >= 11 is 6.94. The number of carbonyl (C=O) groups excluding carboxylic acids is 2. The van der Waals surface area contributed by atoms with Gasteiger partial charge in [0.1, 0.15) is 17.6 Å². The van der Waals surface area contributed by atoms with Crippen LogP contribution in [0.5, 0.6) is 0 Å². The van der Waals surface area contributed by atoms with Crippen LogP contribution in [0.25, 0.3) is 11.7 Å². The molecule has 0 saturated carbocycles. The summed E-state index contributed by atoms with van der Waals surface area (Å²) in [5.74, 6) is -1.16.